The van der Waals surface area contributed by atoms with Crippen molar-refractivity contribution in [3.63, 3.8) is 0 Å². The van der Waals surface area contributed by atoms with Crippen molar-refractivity contribution in [3.8, 4) is 12.3 Å². The predicted molar refractivity (Wildman–Crippen MR) is 104 cm³/mol. The number of hydrogen-bond acceptors (Lipinski definition) is 2. The Morgan fingerprint density at radius 2 is 1.86 bits per heavy atom. The number of likely N-dealkylation sites (N-methyl/N-ethyl adjacent to an activating group) is 1. The Balaban J connectivity index is 0.00000242. The molecule has 0 heterocycles. The molecule has 0 aliphatic heterocycles. The third kappa shape index (κ3) is 4.14. The van der Waals surface area contributed by atoms with Crippen molar-refractivity contribution in [1.82, 2.24) is 15.5 Å². The first-order chi connectivity index (χ1) is 10.1. The van der Waals surface area contributed by atoms with E-state index < -0.39 is 0 Å². The van der Waals surface area contributed by atoms with Gasteiger partial charge in [-0.15, -0.1) is 30.4 Å². The van der Waals surface area contributed by atoms with E-state index in [0.717, 1.165) is 25.3 Å². The summed E-state index contributed by atoms with van der Waals surface area (Å²) >= 11 is 0. The number of aliphatic imine (C=N–C) groups is 1. The SMILES string of the molecule is C#CCNC(=NC)NCC1(N(C)C)Cc2ccccc2C1.I. The maximum absolute atomic E-state index is 5.28. The van der Waals surface area contributed by atoms with Crippen molar-refractivity contribution < 1.29 is 0 Å². The van der Waals surface area contributed by atoms with Crippen LogP contribution in [0.25, 0.3) is 0 Å². The summed E-state index contributed by atoms with van der Waals surface area (Å²) in [6.45, 7) is 1.31. The predicted octanol–water partition coefficient (Wildman–Crippen LogP) is 1.50. The van der Waals surface area contributed by atoms with Gasteiger partial charge in [0.1, 0.15) is 0 Å². The number of hydrogen-bond donors (Lipinski definition) is 2. The summed E-state index contributed by atoms with van der Waals surface area (Å²) in [4.78, 5) is 6.52. The highest BCUT2D eigenvalue weighted by molar-refractivity contribution is 14.0. The molecular formula is C17H25IN4. The van der Waals surface area contributed by atoms with Crippen LogP contribution in [0.1, 0.15) is 11.1 Å². The third-order valence-electron chi connectivity index (χ3n) is 4.27. The standard InChI is InChI=1S/C17H24N4.HI/c1-5-10-19-16(18-2)20-13-17(21(3)4)11-14-8-6-7-9-15(14)12-17;/h1,6-9H,10-13H2,2-4H3,(H2,18,19,20);1H. The zero-order valence-corrected chi connectivity index (χ0v) is 15.8. The molecule has 0 unspecified atom stereocenters. The minimum atomic E-state index is 0. The summed E-state index contributed by atoms with van der Waals surface area (Å²) < 4.78 is 0. The first kappa shape index (κ1) is 18.8. The van der Waals surface area contributed by atoms with Gasteiger partial charge < -0.3 is 15.5 Å². The van der Waals surface area contributed by atoms with Crippen molar-refractivity contribution in [2.24, 2.45) is 4.99 Å². The van der Waals surface area contributed by atoms with Crippen molar-refractivity contribution in [1.29, 1.82) is 0 Å². The smallest absolute Gasteiger partial charge is 0.191 e. The zero-order chi connectivity index (χ0) is 15.3. The Morgan fingerprint density at radius 3 is 2.32 bits per heavy atom. The Morgan fingerprint density at radius 1 is 1.27 bits per heavy atom. The lowest BCUT2D eigenvalue weighted by atomic mass is 9.94. The number of terminal acetylenes is 1. The maximum Gasteiger partial charge on any atom is 0.191 e. The lowest BCUT2D eigenvalue weighted by Gasteiger charge is -2.37. The monoisotopic (exact) mass is 412 g/mol. The summed E-state index contributed by atoms with van der Waals surface area (Å²) in [5.41, 5.74) is 2.97. The maximum atomic E-state index is 5.28. The summed E-state index contributed by atoms with van der Waals surface area (Å²) in [5.74, 6) is 3.32. The Bertz CT molecular complexity index is 535. The molecule has 120 valence electrons. The molecule has 5 heteroatoms. The second kappa shape index (κ2) is 8.39. The number of nitrogens with zero attached hydrogens (tertiary/aromatic N) is 2. The van der Waals surface area contributed by atoms with E-state index in [9.17, 15) is 0 Å². The molecule has 0 saturated carbocycles. The molecule has 0 saturated heterocycles. The molecule has 22 heavy (non-hydrogen) atoms. The van der Waals surface area contributed by atoms with E-state index in [-0.39, 0.29) is 29.5 Å². The second-order valence-electron chi connectivity index (χ2n) is 5.72. The molecule has 0 spiro atoms. The van der Waals surface area contributed by atoms with Crippen molar-refractivity contribution >= 4 is 29.9 Å². The number of fused-ring (bicyclic) bond motifs is 1. The largest absolute Gasteiger partial charge is 0.355 e. The Hall–Kier alpha value is -1.26. The molecular weight excluding hydrogens is 387 g/mol. The molecule has 4 nitrogen and oxygen atoms in total. The summed E-state index contributed by atoms with van der Waals surface area (Å²) in [6.07, 6.45) is 7.38. The van der Waals surface area contributed by atoms with Gasteiger partial charge in [0.2, 0.25) is 0 Å². The molecule has 0 fully saturated rings. The van der Waals surface area contributed by atoms with Gasteiger partial charge in [0.15, 0.2) is 5.96 Å². The van der Waals surface area contributed by atoms with Crippen LogP contribution < -0.4 is 10.6 Å². The summed E-state index contributed by atoms with van der Waals surface area (Å²) in [7, 11) is 6.05. The van der Waals surface area contributed by atoms with Crippen LogP contribution in [0.4, 0.5) is 0 Å². The van der Waals surface area contributed by atoms with Gasteiger partial charge in [-0.2, -0.15) is 0 Å². The van der Waals surface area contributed by atoms with Crippen LogP contribution in [0.2, 0.25) is 0 Å². The van der Waals surface area contributed by atoms with Gasteiger partial charge >= 0.3 is 0 Å². The number of nitrogens with one attached hydrogen (secondary N) is 2. The van der Waals surface area contributed by atoms with Crippen LogP contribution in [0.5, 0.6) is 0 Å². The number of guanidine groups is 1. The van der Waals surface area contributed by atoms with Gasteiger partial charge in [-0.3, -0.25) is 4.99 Å². The molecule has 1 aliphatic rings. The molecule has 0 amide bonds. The molecule has 1 aromatic carbocycles. The fraction of sp³-hybridized carbons (Fsp3) is 0.471. The van der Waals surface area contributed by atoms with E-state index in [0.29, 0.717) is 6.54 Å². The van der Waals surface area contributed by atoms with Gasteiger partial charge in [-0.05, 0) is 38.1 Å². The van der Waals surface area contributed by atoms with Crippen molar-refractivity contribution in [3.05, 3.63) is 35.4 Å². The van der Waals surface area contributed by atoms with E-state index in [1.54, 1.807) is 7.05 Å². The molecule has 0 aromatic heterocycles. The van der Waals surface area contributed by atoms with Crippen LogP contribution in [0.3, 0.4) is 0 Å². The van der Waals surface area contributed by atoms with E-state index in [2.05, 4.69) is 64.8 Å². The molecule has 0 atom stereocenters. The Kier molecular flexibility index (Phi) is 7.17. The first-order valence-corrected chi connectivity index (χ1v) is 7.23. The van der Waals surface area contributed by atoms with Gasteiger partial charge in [0.25, 0.3) is 0 Å². The third-order valence-corrected chi connectivity index (χ3v) is 4.27. The highest BCUT2D eigenvalue weighted by Crippen LogP contribution is 2.32. The zero-order valence-electron chi connectivity index (χ0n) is 13.5. The van der Waals surface area contributed by atoms with E-state index in [1.165, 1.54) is 11.1 Å². The number of halogens is 1. The van der Waals surface area contributed by atoms with Gasteiger partial charge in [-0.1, -0.05) is 30.2 Å². The van der Waals surface area contributed by atoms with Crippen LogP contribution >= 0.6 is 24.0 Å². The first-order valence-electron chi connectivity index (χ1n) is 7.23. The summed E-state index contributed by atoms with van der Waals surface area (Å²) in [5, 5.41) is 6.51. The molecule has 0 radical (unpaired) electrons. The number of rotatable bonds is 4. The summed E-state index contributed by atoms with van der Waals surface area (Å²) in [6, 6.07) is 8.69. The fourth-order valence-corrected chi connectivity index (χ4v) is 2.88. The van der Waals surface area contributed by atoms with Gasteiger partial charge in [0, 0.05) is 19.1 Å². The van der Waals surface area contributed by atoms with Crippen molar-refractivity contribution in [2.45, 2.75) is 18.4 Å². The minimum Gasteiger partial charge on any atom is -0.355 e. The topological polar surface area (TPSA) is 39.7 Å². The highest BCUT2D eigenvalue weighted by Gasteiger charge is 2.39. The fourth-order valence-electron chi connectivity index (χ4n) is 2.88. The Labute approximate surface area is 150 Å². The van der Waals surface area contributed by atoms with Crippen LogP contribution in [0, 0.1) is 12.3 Å². The molecule has 0 bridgehead atoms. The quantitative estimate of drug-likeness (QED) is 0.341. The average Bonchev–Trinajstić information content (AvgIpc) is 2.87. The van der Waals surface area contributed by atoms with Crippen LogP contribution in [0.15, 0.2) is 29.3 Å². The highest BCUT2D eigenvalue weighted by atomic mass is 127. The number of benzene rings is 1. The average molecular weight is 412 g/mol. The van der Waals surface area contributed by atoms with Crippen LogP contribution in [-0.2, 0) is 12.8 Å². The lowest BCUT2D eigenvalue weighted by Crippen LogP contribution is -2.55. The molecule has 2 rings (SSSR count). The van der Waals surface area contributed by atoms with Crippen LogP contribution in [-0.4, -0.2) is 50.6 Å². The van der Waals surface area contributed by atoms with E-state index in [1.807, 2.05) is 0 Å². The second-order valence-corrected chi connectivity index (χ2v) is 5.72. The van der Waals surface area contributed by atoms with Crippen molar-refractivity contribution in [2.75, 3.05) is 34.2 Å². The molecule has 1 aliphatic carbocycles. The lowest BCUT2D eigenvalue weighted by molar-refractivity contribution is 0.165. The van der Waals surface area contributed by atoms with E-state index >= 15 is 0 Å². The van der Waals surface area contributed by atoms with E-state index in [4.69, 9.17) is 6.42 Å². The minimum absolute atomic E-state index is 0. The van der Waals surface area contributed by atoms with Gasteiger partial charge in [0.05, 0.1) is 6.54 Å². The van der Waals surface area contributed by atoms with Gasteiger partial charge in [-0.25, -0.2) is 0 Å². The molecule has 1 aromatic rings. The normalized spacial score (nSPS) is 15.7. The molecule has 2 N–H and O–H groups in total.